The molecule has 0 aliphatic rings. The summed E-state index contributed by atoms with van der Waals surface area (Å²) < 4.78 is 7.59. The van der Waals surface area contributed by atoms with E-state index in [2.05, 4.69) is 15.3 Å². The monoisotopic (exact) mass is 357 g/mol. The Morgan fingerprint density at radius 1 is 1.40 bits per heavy atom. The van der Waals surface area contributed by atoms with Crippen LogP contribution in [0.4, 0.5) is 5.69 Å². The molecule has 3 aromatic rings. The maximum absolute atomic E-state index is 11.1. The Labute approximate surface area is 148 Å². The van der Waals surface area contributed by atoms with Gasteiger partial charge in [-0.15, -0.1) is 0 Å². The van der Waals surface area contributed by atoms with E-state index in [1.165, 1.54) is 17.0 Å². The predicted octanol–water partition coefficient (Wildman–Crippen LogP) is 3.94. The number of furan rings is 1. The van der Waals surface area contributed by atoms with Gasteiger partial charge in [0, 0.05) is 12.5 Å². The molecule has 0 saturated carbocycles. The van der Waals surface area contributed by atoms with Crippen LogP contribution in [0.1, 0.15) is 24.9 Å². The molecular weight excluding hydrogens is 342 g/mol. The number of nitro benzene ring substituents is 1. The van der Waals surface area contributed by atoms with Gasteiger partial charge in [0.1, 0.15) is 11.5 Å². The van der Waals surface area contributed by atoms with E-state index in [0.29, 0.717) is 21.9 Å². The van der Waals surface area contributed by atoms with Crippen LogP contribution in [0.25, 0.3) is 11.3 Å². The summed E-state index contributed by atoms with van der Waals surface area (Å²) in [5.74, 6) is 1.59. The molecule has 1 N–H and O–H groups in total. The van der Waals surface area contributed by atoms with E-state index in [1.54, 1.807) is 30.3 Å². The van der Waals surface area contributed by atoms with E-state index in [1.807, 2.05) is 6.92 Å². The highest BCUT2D eigenvalue weighted by atomic mass is 32.1. The first-order valence-electron chi connectivity index (χ1n) is 7.64. The number of aryl methyl sites for hydroxylation is 1. The van der Waals surface area contributed by atoms with Crippen molar-refractivity contribution < 1.29 is 9.34 Å². The van der Waals surface area contributed by atoms with Crippen molar-refractivity contribution in [1.29, 1.82) is 0 Å². The lowest BCUT2D eigenvalue weighted by molar-refractivity contribution is -0.384. The summed E-state index contributed by atoms with van der Waals surface area (Å²) in [6, 6.07) is 9.78. The van der Waals surface area contributed by atoms with Gasteiger partial charge in [0.15, 0.2) is 5.82 Å². The number of hydrogen-bond donors (Lipinski definition) is 1. The molecule has 128 valence electrons. The molecule has 8 nitrogen and oxygen atoms in total. The van der Waals surface area contributed by atoms with E-state index in [4.69, 9.17) is 16.6 Å². The molecule has 0 aliphatic carbocycles. The van der Waals surface area contributed by atoms with Crippen molar-refractivity contribution in [2.45, 2.75) is 19.8 Å². The molecule has 0 aliphatic heterocycles. The van der Waals surface area contributed by atoms with Gasteiger partial charge in [0.2, 0.25) is 4.77 Å². The number of nitrogens with one attached hydrogen (secondary N) is 1. The van der Waals surface area contributed by atoms with Gasteiger partial charge in [-0.2, -0.15) is 14.9 Å². The fraction of sp³-hybridized carbons (Fsp3) is 0.188. The fourth-order valence-corrected chi connectivity index (χ4v) is 2.55. The van der Waals surface area contributed by atoms with E-state index < -0.39 is 4.92 Å². The molecule has 3 rings (SSSR count). The number of hydrogen-bond acceptors (Lipinski definition) is 6. The maximum atomic E-state index is 11.1. The zero-order valence-electron chi connectivity index (χ0n) is 13.4. The van der Waals surface area contributed by atoms with Gasteiger partial charge >= 0.3 is 0 Å². The smallest absolute Gasteiger partial charge is 0.280 e. The van der Waals surface area contributed by atoms with Crippen molar-refractivity contribution in [3.05, 3.63) is 62.9 Å². The van der Waals surface area contributed by atoms with Crippen LogP contribution in [0.3, 0.4) is 0 Å². The van der Waals surface area contributed by atoms with Crippen LogP contribution in [-0.2, 0) is 6.42 Å². The molecule has 0 atom stereocenters. The van der Waals surface area contributed by atoms with Crippen LogP contribution >= 0.6 is 12.2 Å². The summed E-state index contributed by atoms with van der Waals surface area (Å²) in [4.78, 5) is 10.7. The molecule has 2 aromatic heterocycles. The molecule has 0 amide bonds. The summed E-state index contributed by atoms with van der Waals surface area (Å²) in [7, 11) is 0. The Morgan fingerprint density at radius 3 is 2.96 bits per heavy atom. The largest absolute Gasteiger partial charge is 0.455 e. The number of nitro groups is 1. The Hall–Kier alpha value is -3.07. The standard InChI is InChI=1S/C16H15N5O3S/c1-2-5-15-18-19-16(25)20(15)17-10-11-8-9-14(24-11)12-6-3-4-7-13(12)21(22)23/h3-4,6-10H,2,5H2,1H3,(H,19,25)/b17-10+. The van der Waals surface area contributed by atoms with Gasteiger partial charge < -0.3 is 4.42 Å². The van der Waals surface area contributed by atoms with Crippen molar-refractivity contribution in [2.75, 3.05) is 0 Å². The van der Waals surface area contributed by atoms with Crippen molar-refractivity contribution in [3.8, 4) is 11.3 Å². The average Bonchev–Trinajstić information content (AvgIpc) is 3.21. The second-order valence-corrected chi connectivity index (χ2v) is 5.61. The highest BCUT2D eigenvalue weighted by Gasteiger charge is 2.16. The molecule has 9 heteroatoms. The minimum Gasteiger partial charge on any atom is -0.455 e. The van der Waals surface area contributed by atoms with E-state index >= 15 is 0 Å². The molecule has 0 fully saturated rings. The third-order valence-electron chi connectivity index (χ3n) is 3.48. The number of para-hydroxylation sites is 1. The van der Waals surface area contributed by atoms with Crippen molar-refractivity contribution in [3.63, 3.8) is 0 Å². The van der Waals surface area contributed by atoms with Crippen LogP contribution < -0.4 is 0 Å². The summed E-state index contributed by atoms with van der Waals surface area (Å²) >= 11 is 5.16. The van der Waals surface area contributed by atoms with Crippen LogP contribution in [0.2, 0.25) is 0 Å². The lowest BCUT2D eigenvalue weighted by Crippen LogP contribution is -1.98. The van der Waals surface area contributed by atoms with Gasteiger partial charge in [-0.3, -0.25) is 15.2 Å². The molecule has 25 heavy (non-hydrogen) atoms. The Morgan fingerprint density at radius 2 is 2.20 bits per heavy atom. The molecule has 2 heterocycles. The molecule has 0 saturated heterocycles. The lowest BCUT2D eigenvalue weighted by atomic mass is 10.1. The number of nitrogens with zero attached hydrogens (tertiary/aromatic N) is 4. The summed E-state index contributed by atoms with van der Waals surface area (Å²) in [5.41, 5.74) is 0.404. The molecule has 0 unspecified atom stereocenters. The quantitative estimate of drug-likeness (QED) is 0.311. The minimum atomic E-state index is -0.437. The van der Waals surface area contributed by atoms with E-state index in [9.17, 15) is 10.1 Å². The van der Waals surface area contributed by atoms with Crippen molar-refractivity contribution >= 4 is 24.1 Å². The molecule has 0 radical (unpaired) electrons. The van der Waals surface area contributed by atoms with Gasteiger partial charge in [-0.1, -0.05) is 19.1 Å². The third kappa shape index (κ3) is 3.56. The minimum absolute atomic E-state index is 0.0115. The third-order valence-corrected chi connectivity index (χ3v) is 3.75. The normalized spacial score (nSPS) is 11.2. The van der Waals surface area contributed by atoms with E-state index in [0.717, 1.165) is 18.7 Å². The van der Waals surface area contributed by atoms with Gasteiger partial charge in [0.05, 0.1) is 16.7 Å². The summed E-state index contributed by atoms with van der Waals surface area (Å²) in [6.45, 7) is 2.04. The maximum Gasteiger partial charge on any atom is 0.280 e. The van der Waals surface area contributed by atoms with Gasteiger partial charge in [-0.25, -0.2) is 0 Å². The first kappa shape index (κ1) is 16.8. The summed E-state index contributed by atoms with van der Waals surface area (Å²) in [5, 5.41) is 22.3. The summed E-state index contributed by atoms with van der Waals surface area (Å²) in [6.07, 6.45) is 3.16. The average molecular weight is 357 g/mol. The molecule has 0 spiro atoms. The van der Waals surface area contributed by atoms with Crippen molar-refractivity contribution in [2.24, 2.45) is 5.10 Å². The zero-order valence-corrected chi connectivity index (χ0v) is 14.2. The highest BCUT2D eigenvalue weighted by Crippen LogP contribution is 2.30. The number of rotatable bonds is 6. The second-order valence-electron chi connectivity index (χ2n) is 5.23. The molecule has 1 aromatic carbocycles. The van der Waals surface area contributed by atoms with Gasteiger partial charge in [0.25, 0.3) is 5.69 Å². The molecular formula is C16H15N5O3S. The lowest BCUT2D eigenvalue weighted by Gasteiger charge is -1.99. The number of H-pyrrole nitrogens is 1. The fourth-order valence-electron chi connectivity index (χ4n) is 2.35. The first-order chi connectivity index (χ1) is 12.1. The van der Waals surface area contributed by atoms with Crippen molar-refractivity contribution in [1.82, 2.24) is 14.9 Å². The van der Waals surface area contributed by atoms with Crippen LogP contribution in [0.15, 0.2) is 45.9 Å². The van der Waals surface area contributed by atoms with E-state index in [-0.39, 0.29) is 5.69 Å². The highest BCUT2D eigenvalue weighted by molar-refractivity contribution is 7.71. The Balaban J connectivity index is 1.90. The Bertz CT molecular complexity index is 986. The SMILES string of the molecule is CCCc1n[nH]c(=S)n1/N=C/c1ccc(-c2ccccc2[N+](=O)[O-])o1. The zero-order chi connectivity index (χ0) is 17.8. The van der Waals surface area contributed by atoms with Crippen LogP contribution in [-0.4, -0.2) is 26.0 Å². The second kappa shape index (κ2) is 7.22. The van der Waals surface area contributed by atoms with Crippen LogP contribution in [0, 0.1) is 14.9 Å². The molecule has 0 bridgehead atoms. The number of aromatic amines is 1. The first-order valence-corrected chi connectivity index (χ1v) is 8.05. The van der Waals surface area contributed by atoms with Crippen LogP contribution in [0.5, 0.6) is 0 Å². The topological polar surface area (TPSA) is 102 Å². The predicted molar refractivity (Wildman–Crippen MR) is 95.2 cm³/mol. The van der Waals surface area contributed by atoms with Gasteiger partial charge in [-0.05, 0) is 36.8 Å². The number of benzene rings is 1. The number of aromatic nitrogens is 3. The Kier molecular flexibility index (Phi) is 4.85.